The maximum atomic E-state index is 12.1. The third-order valence-corrected chi connectivity index (χ3v) is 13.0. The summed E-state index contributed by atoms with van der Waals surface area (Å²) in [4.78, 5) is 24.2. The van der Waals surface area contributed by atoms with Gasteiger partial charge in [0.1, 0.15) is 13.2 Å². The molecule has 0 heterocycles. The number of esters is 2. The highest BCUT2D eigenvalue weighted by Crippen LogP contribution is 2.19. The molecule has 0 aromatic rings. The molecule has 64 heavy (non-hydrogen) atoms. The summed E-state index contributed by atoms with van der Waals surface area (Å²) in [6.07, 6.45) is 37.8. The summed E-state index contributed by atoms with van der Waals surface area (Å²) in [5, 5.41) is 62.0. The Bertz CT molecular complexity index is 906. The van der Waals surface area contributed by atoms with E-state index in [4.69, 9.17) is 9.47 Å². The molecular formula is C54H106O10. The van der Waals surface area contributed by atoms with Gasteiger partial charge in [0.05, 0.1) is 36.6 Å². The molecule has 0 aliphatic heterocycles. The van der Waals surface area contributed by atoms with Crippen LogP contribution < -0.4 is 0 Å². The van der Waals surface area contributed by atoms with Crippen molar-refractivity contribution in [2.24, 2.45) is 0 Å². The summed E-state index contributed by atoms with van der Waals surface area (Å²) in [6, 6.07) is 0. The first-order valence-corrected chi connectivity index (χ1v) is 27.5. The van der Waals surface area contributed by atoms with Crippen LogP contribution in [0.25, 0.3) is 0 Å². The van der Waals surface area contributed by atoms with Gasteiger partial charge in [-0.05, 0) is 77.0 Å². The highest BCUT2D eigenvalue weighted by Gasteiger charge is 2.17. The summed E-state index contributed by atoms with van der Waals surface area (Å²) in [6.45, 7) is 4.37. The summed E-state index contributed by atoms with van der Waals surface area (Å²) < 4.78 is 10.5. The van der Waals surface area contributed by atoms with Crippen molar-refractivity contribution in [3.05, 3.63) is 0 Å². The predicted octanol–water partition coefficient (Wildman–Crippen LogP) is 12.7. The molecule has 0 fully saturated rings. The SMILES string of the molecule is CCCCCCCCCCCCCCCCCC(=O)OCC(O)CCC(O)CCC(O)CCC(O)CCC(O)CCC(O)COC(=O)CCCCCCCCCCCCCCCCC. The first-order valence-electron chi connectivity index (χ1n) is 27.5. The van der Waals surface area contributed by atoms with Crippen LogP contribution in [-0.4, -0.2) is 92.4 Å². The topological polar surface area (TPSA) is 174 Å². The van der Waals surface area contributed by atoms with Crippen molar-refractivity contribution < 1.29 is 49.7 Å². The van der Waals surface area contributed by atoms with Crippen LogP contribution in [0.15, 0.2) is 0 Å². The first-order chi connectivity index (χ1) is 31.1. The third kappa shape index (κ3) is 47.2. The van der Waals surface area contributed by atoms with Crippen LogP contribution in [0.2, 0.25) is 0 Å². The Morgan fingerprint density at radius 2 is 0.453 bits per heavy atom. The highest BCUT2D eigenvalue weighted by molar-refractivity contribution is 5.69. The number of aliphatic hydroxyl groups excluding tert-OH is 6. The van der Waals surface area contributed by atoms with Gasteiger partial charge in [-0.15, -0.1) is 0 Å². The van der Waals surface area contributed by atoms with E-state index in [1.807, 2.05) is 0 Å². The lowest BCUT2D eigenvalue weighted by atomic mass is 9.98. The second-order valence-electron chi connectivity index (χ2n) is 19.6. The van der Waals surface area contributed by atoms with Crippen LogP contribution in [0.5, 0.6) is 0 Å². The highest BCUT2D eigenvalue weighted by atomic mass is 16.5. The summed E-state index contributed by atoms with van der Waals surface area (Å²) in [5.41, 5.74) is 0. The van der Waals surface area contributed by atoms with Crippen molar-refractivity contribution in [1.82, 2.24) is 0 Å². The van der Waals surface area contributed by atoms with Gasteiger partial charge in [-0.2, -0.15) is 0 Å². The van der Waals surface area contributed by atoms with Crippen LogP contribution in [0, 0.1) is 0 Å². The Morgan fingerprint density at radius 3 is 0.656 bits per heavy atom. The smallest absolute Gasteiger partial charge is 0.305 e. The summed E-state index contributed by atoms with van der Waals surface area (Å²) in [5.74, 6) is -0.578. The fraction of sp³-hybridized carbons (Fsp3) is 0.963. The zero-order chi connectivity index (χ0) is 47.1. The zero-order valence-corrected chi connectivity index (χ0v) is 41.9. The van der Waals surface area contributed by atoms with Gasteiger partial charge in [0.25, 0.3) is 0 Å². The predicted molar refractivity (Wildman–Crippen MR) is 263 cm³/mol. The van der Waals surface area contributed by atoms with Gasteiger partial charge in [-0.25, -0.2) is 0 Å². The molecule has 0 spiro atoms. The molecule has 0 aliphatic rings. The molecule has 10 heteroatoms. The minimum absolute atomic E-state index is 0.0743. The van der Waals surface area contributed by atoms with Crippen LogP contribution in [-0.2, 0) is 19.1 Å². The second kappa shape index (κ2) is 48.2. The molecule has 0 aromatic carbocycles. The Morgan fingerprint density at radius 1 is 0.281 bits per heavy atom. The molecule has 0 saturated heterocycles. The van der Waals surface area contributed by atoms with Crippen LogP contribution in [0.1, 0.15) is 284 Å². The molecular weight excluding hydrogens is 809 g/mol. The molecule has 0 amide bonds. The largest absolute Gasteiger partial charge is 0.463 e. The van der Waals surface area contributed by atoms with Gasteiger partial charge >= 0.3 is 11.9 Å². The van der Waals surface area contributed by atoms with Crippen molar-refractivity contribution in [3.63, 3.8) is 0 Å². The van der Waals surface area contributed by atoms with Gasteiger partial charge in [0.15, 0.2) is 0 Å². The van der Waals surface area contributed by atoms with Gasteiger partial charge in [-0.3, -0.25) is 9.59 Å². The summed E-state index contributed by atoms with van der Waals surface area (Å²) in [7, 11) is 0. The second-order valence-corrected chi connectivity index (χ2v) is 19.6. The minimum Gasteiger partial charge on any atom is -0.463 e. The Kier molecular flexibility index (Phi) is 47.2. The van der Waals surface area contributed by atoms with Crippen molar-refractivity contribution in [1.29, 1.82) is 0 Å². The van der Waals surface area contributed by atoms with Gasteiger partial charge in [0, 0.05) is 12.8 Å². The van der Waals surface area contributed by atoms with E-state index in [0.29, 0.717) is 77.0 Å². The van der Waals surface area contributed by atoms with Crippen molar-refractivity contribution in [2.75, 3.05) is 13.2 Å². The number of unbranched alkanes of at least 4 members (excludes halogenated alkanes) is 28. The van der Waals surface area contributed by atoms with Crippen molar-refractivity contribution in [3.8, 4) is 0 Å². The average molecular weight is 915 g/mol. The molecule has 0 aromatic heterocycles. The maximum absolute atomic E-state index is 12.1. The number of rotatable bonds is 51. The maximum Gasteiger partial charge on any atom is 0.305 e. The third-order valence-electron chi connectivity index (χ3n) is 13.0. The van der Waals surface area contributed by atoms with Gasteiger partial charge < -0.3 is 40.1 Å². The van der Waals surface area contributed by atoms with Gasteiger partial charge in [0.2, 0.25) is 0 Å². The molecule has 6 atom stereocenters. The molecule has 6 N–H and O–H groups in total. The lowest BCUT2D eigenvalue weighted by Gasteiger charge is -2.18. The van der Waals surface area contributed by atoms with Crippen LogP contribution in [0.4, 0.5) is 0 Å². The summed E-state index contributed by atoms with van der Waals surface area (Å²) >= 11 is 0. The molecule has 10 nitrogen and oxygen atoms in total. The molecule has 6 unspecified atom stereocenters. The lowest BCUT2D eigenvalue weighted by Crippen LogP contribution is -2.22. The van der Waals surface area contributed by atoms with Crippen molar-refractivity contribution >= 4 is 11.9 Å². The molecule has 382 valence electrons. The normalized spacial score (nSPS) is 14.6. The molecule has 0 aliphatic carbocycles. The van der Waals surface area contributed by atoms with Crippen LogP contribution >= 0.6 is 0 Å². The fourth-order valence-corrected chi connectivity index (χ4v) is 8.47. The Labute approximate surface area is 393 Å². The quantitative estimate of drug-likeness (QED) is 0.0255. The Balaban J connectivity index is 3.70. The number of carbonyl (C=O) groups excluding carboxylic acids is 2. The molecule has 0 radical (unpaired) electrons. The van der Waals surface area contributed by atoms with Gasteiger partial charge in [-0.1, -0.05) is 194 Å². The first kappa shape index (κ1) is 62.7. The number of ether oxygens (including phenoxy) is 2. The number of hydrogen-bond acceptors (Lipinski definition) is 10. The number of carbonyl (C=O) groups is 2. The lowest BCUT2D eigenvalue weighted by molar-refractivity contribution is -0.147. The van der Waals surface area contributed by atoms with E-state index in [1.165, 1.54) is 154 Å². The molecule has 0 saturated carbocycles. The van der Waals surface area contributed by atoms with Crippen LogP contribution in [0.3, 0.4) is 0 Å². The number of hydrogen-bond donors (Lipinski definition) is 6. The fourth-order valence-electron chi connectivity index (χ4n) is 8.47. The van der Waals surface area contributed by atoms with E-state index in [9.17, 15) is 40.2 Å². The van der Waals surface area contributed by atoms with E-state index < -0.39 is 36.6 Å². The average Bonchev–Trinajstić information content (AvgIpc) is 3.29. The molecule has 0 bridgehead atoms. The standard InChI is InChI=1S/C54H106O10/c1-3-5-7-9-11-13-15-17-19-21-23-25-27-29-31-33-53(61)63-45-51(59)43-41-49(57)39-37-47(55)35-36-48(56)38-40-50(58)42-44-52(60)46-64-54(62)34-32-30-28-26-24-22-20-18-16-14-12-10-8-6-4-2/h47-52,55-60H,3-46H2,1-2H3. The molecule has 0 rings (SSSR count). The van der Waals surface area contributed by atoms with Crippen molar-refractivity contribution in [2.45, 2.75) is 320 Å². The Hall–Kier alpha value is -1.30. The minimum atomic E-state index is -0.839. The van der Waals surface area contributed by atoms with E-state index >= 15 is 0 Å². The number of aliphatic hydroxyl groups is 6. The van der Waals surface area contributed by atoms with E-state index in [-0.39, 0.29) is 25.2 Å². The van der Waals surface area contributed by atoms with E-state index in [1.54, 1.807) is 0 Å². The monoisotopic (exact) mass is 915 g/mol. The zero-order valence-electron chi connectivity index (χ0n) is 41.9. The van der Waals surface area contributed by atoms with E-state index in [2.05, 4.69) is 13.8 Å². The van der Waals surface area contributed by atoms with E-state index in [0.717, 1.165) is 38.5 Å².